The fraction of sp³-hybridized carbons (Fsp3) is 0.500. The van der Waals surface area contributed by atoms with Crippen LogP contribution in [0.1, 0.15) is 56.9 Å². The average molecular weight is 514 g/mol. The first-order chi connectivity index (χ1) is 16.7. The lowest BCUT2D eigenvalue weighted by atomic mass is 9.48. The van der Waals surface area contributed by atoms with Crippen LogP contribution in [-0.4, -0.2) is 29.2 Å². The second-order valence-corrected chi connectivity index (χ2v) is 14.3. The van der Waals surface area contributed by atoms with Crippen molar-refractivity contribution in [2.45, 2.75) is 66.6 Å². The zero-order valence-electron chi connectivity index (χ0n) is 19.6. The van der Waals surface area contributed by atoms with E-state index >= 15 is 0 Å². The molecule has 2 aromatic carbocycles. The van der Waals surface area contributed by atoms with E-state index in [1.807, 2.05) is 12.1 Å². The topological polar surface area (TPSA) is 105 Å². The van der Waals surface area contributed by atoms with Crippen LogP contribution in [0.15, 0.2) is 63.3 Å². The van der Waals surface area contributed by atoms with Crippen molar-refractivity contribution in [3.05, 3.63) is 54.1 Å². The first kappa shape index (κ1) is 23.0. The molecule has 2 N–H and O–H groups in total. The van der Waals surface area contributed by atoms with Crippen LogP contribution in [0, 0.1) is 17.8 Å². The fourth-order valence-corrected chi connectivity index (χ4v) is 9.41. The van der Waals surface area contributed by atoms with Gasteiger partial charge in [-0.15, -0.1) is 0 Å². The average Bonchev–Trinajstić information content (AvgIpc) is 3.31. The molecule has 2 aromatic rings. The monoisotopic (exact) mass is 513 g/mol. The van der Waals surface area contributed by atoms with Crippen molar-refractivity contribution in [1.29, 1.82) is 0 Å². The molecule has 1 heterocycles. The van der Waals surface area contributed by atoms with E-state index < -0.39 is 20.0 Å². The lowest BCUT2D eigenvalue weighted by molar-refractivity contribution is -0.00521. The van der Waals surface area contributed by atoms with Crippen molar-refractivity contribution in [2.75, 3.05) is 11.3 Å². The quantitative estimate of drug-likeness (QED) is 0.596. The number of nitrogens with zero attached hydrogens (tertiary/aromatic N) is 1. The standard InChI is InChI=1S/C26H31N3O4S2/c30-34(31,28-22-3-1-4-24(14-22)35(32,33)29-25-5-2-10-27-25)23-8-6-21(7-9-23)26-15-18-11-19(16-26)13-20(12-18)17-26/h1,3-4,6-9,14,18-20,28H,2,5,10-13,15-17H2,(H,27,29). The minimum absolute atomic E-state index is 0.00976. The molecule has 4 aliphatic carbocycles. The van der Waals surface area contributed by atoms with Gasteiger partial charge in [-0.3, -0.25) is 14.4 Å². The summed E-state index contributed by atoms with van der Waals surface area (Å²) in [5.41, 5.74) is 1.68. The summed E-state index contributed by atoms with van der Waals surface area (Å²) in [6.45, 7) is 0.610. The van der Waals surface area contributed by atoms with Crippen molar-refractivity contribution in [3.8, 4) is 0 Å². The van der Waals surface area contributed by atoms with Crippen LogP contribution in [0.3, 0.4) is 0 Å². The largest absolute Gasteiger partial charge is 0.280 e. The number of aliphatic imine (C=N–C) groups is 1. The lowest BCUT2D eigenvalue weighted by Gasteiger charge is -2.57. The zero-order valence-corrected chi connectivity index (χ0v) is 21.2. The van der Waals surface area contributed by atoms with Crippen LogP contribution in [0.2, 0.25) is 0 Å². The number of rotatable bonds is 6. The Morgan fingerprint density at radius 1 is 0.771 bits per heavy atom. The van der Waals surface area contributed by atoms with Gasteiger partial charge in [0.25, 0.3) is 20.0 Å². The fourth-order valence-electron chi connectivity index (χ4n) is 7.23. The van der Waals surface area contributed by atoms with Gasteiger partial charge in [-0.05, 0) is 104 Å². The van der Waals surface area contributed by atoms with E-state index in [1.54, 1.807) is 18.2 Å². The molecule has 0 aromatic heterocycles. The number of amidine groups is 1. The molecule has 4 bridgehead atoms. The molecule has 4 fully saturated rings. The van der Waals surface area contributed by atoms with Crippen LogP contribution < -0.4 is 9.44 Å². The van der Waals surface area contributed by atoms with Gasteiger partial charge in [-0.2, -0.15) is 0 Å². The maximum atomic E-state index is 13.1. The van der Waals surface area contributed by atoms with E-state index in [1.165, 1.54) is 62.3 Å². The highest BCUT2D eigenvalue weighted by Crippen LogP contribution is 2.60. The summed E-state index contributed by atoms with van der Waals surface area (Å²) >= 11 is 0. The number of sulfonamides is 2. The van der Waals surface area contributed by atoms with E-state index in [0.717, 1.165) is 24.2 Å². The van der Waals surface area contributed by atoms with Crippen molar-refractivity contribution < 1.29 is 16.8 Å². The molecule has 35 heavy (non-hydrogen) atoms. The molecule has 1 aliphatic heterocycles. The number of anilines is 1. The molecule has 0 radical (unpaired) electrons. The molecule has 0 unspecified atom stereocenters. The highest BCUT2D eigenvalue weighted by atomic mass is 32.2. The Balaban J connectivity index is 1.20. The zero-order chi connectivity index (χ0) is 24.3. The molecule has 9 heteroatoms. The maximum Gasteiger partial charge on any atom is 0.262 e. The third-order valence-electron chi connectivity index (χ3n) is 8.34. The molecule has 7 nitrogen and oxygen atoms in total. The van der Waals surface area contributed by atoms with Gasteiger partial charge >= 0.3 is 0 Å². The molecule has 0 amide bonds. The molecule has 0 spiro atoms. The van der Waals surface area contributed by atoms with Crippen LogP contribution in [0.5, 0.6) is 0 Å². The van der Waals surface area contributed by atoms with Crippen molar-refractivity contribution in [3.63, 3.8) is 0 Å². The summed E-state index contributed by atoms with van der Waals surface area (Å²) in [5.74, 6) is 2.91. The van der Waals surface area contributed by atoms with Crippen LogP contribution in [0.4, 0.5) is 5.69 Å². The Hall–Kier alpha value is -2.39. The van der Waals surface area contributed by atoms with Gasteiger partial charge in [0.15, 0.2) is 0 Å². The molecule has 186 valence electrons. The summed E-state index contributed by atoms with van der Waals surface area (Å²) in [6, 6.07) is 13.2. The predicted octanol–water partition coefficient (Wildman–Crippen LogP) is 4.43. The van der Waals surface area contributed by atoms with Gasteiger partial charge in [0, 0.05) is 13.0 Å². The molecule has 0 atom stereocenters. The Kier molecular flexibility index (Phi) is 5.49. The van der Waals surface area contributed by atoms with Crippen molar-refractivity contribution >= 4 is 31.6 Å². The first-order valence-corrected chi connectivity index (χ1v) is 15.5. The smallest absolute Gasteiger partial charge is 0.262 e. The van der Waals surface area contributed by atoms with E-state index in [0.29, 0.717) is 18.8 Å². The second-order valence-electron chi connectivity index (χ2n) is 10.9. The second kappa shape index (κ2) is 8.34. The molecular formula is C26H31N3O4S2. The predicted molar refractivity (Wildman–Crippen MR) is 135 cm³/mol. The minimum atomic E-state index is -3.86. The van der Waals surface area contributed by atoms with E-state index in [-0.39, 0.29) is 20.9 Å². The van der Waals surface area contributed by atoms with E-state index in [9.17, 15) is 16.8 Å². The van der Waals surface area contributed by atoms with Crippen LogP contribution in [0.25, 0.3) is 0 Å². The normalized spacial score (nSPS) is 29.7. The van der Waals surface area contributed by atoms with Gasteiger partial charge in [-0.1, -0.05) is 18.2 Å². The Morgan fingerprint density at radius 2 is 1.40 bits per heavy atom. The maximum absolute atomic E-state index is 13.1. The summed E-state index contributed by atoms with van der Waals surface area (Å²) in [7, 11) is -7.69. The SMILES string of the molecule is O=S(=O)(NC1=NCCC1)c1cccc(NS(=O)(=O)c2ccc(C34CC5CC(CC(C5)C3)C4)cc2)c1. The van der Waals surface area contributed by atoms with Gasteiger partial charge in [-0.25, -0.2) is 16.8 Å². The molecule has 4 saturated carbocycles. The summed E-state index contributed by atoms with van der Waals surface area (Å²) in [4.78, 5) is 4.32. The van der Waals surface area contributed by atoms with Crippen LogP contribution >= 0.6 is 0 Å². The molecule has 0 saturated heterocycles. The third kappa shape index (κ3) is 4.37. The summed E-state index contributed by atoms with van der Waals surface area (Å²) in [6.07, 6.45) is 9.20. The molecule has 5 aliphatic rings. The van der Waals surface area contributed by atoms with Crippen molar-refractivity contribution in [1.82, 2.24) is 4.72 Å². The van der Waals surface area contributed by atoms with E-state index in [4.69, 9.17) is 0 Å². The van der Waals surface area contributed by atoms with Crippen LogP contribution in [-0.2, 0) is 25.5 Å². The highest BCUT2D eigenvalue weighted by Gasteiger charge is 2.51. The number of hydrogen-bond acceptors (Lipinski definition) is 5. The summed E-state index contributed by atoms with van der Waals surface area (Å²) < 4.78 is 56.7. The van der Waals surface area contributed by atoms with Gasteiger partial charge in [0.05, 0.1) is 15.5 Å². The number of hydrogen-bond donors (Lipinski definition) is 2. The Bertz CT molecular complexity index is 1350. The minimum Gasteiger partial charge on any atom is -0.280 e. The van der Waals surface area contributed by atoms with Gasteiger partial charge in [0.1, 0.15) is 5.84 Å². The first-order valence-electron chi connectivity index (χ1n) is 12.5. The number of benzene rings is 2. The Morgan fingerprint density at radius 3 is 2.00 bits per heavy atom. The third-order valence-corrected chi connectivity index (χ3v) is 11.1. The highest BCUT2D eigenvalue weighted by molar-refractivity contribution is 7.92. The van der Waals surface area contributed by atoms with Gasteiger partial charge in [0.2, 0.25) is 0 Å². The number of nitrogens with one attached hydrogen (secondary N) is 2. The van der Waals surface area contributed by atoms with Gasteiger partial charge < -0.3 is 0 Å². The van der Waals surface area contributed by atoms with Crippen molar-refractivity contribution in [2.24, 2.45) is 22.7 Å². The molecule has 7 rings (SSSR count). The molecular weight excluding hydrogens is 482 g/mol. The van der Waals surface area contributed by atoms with E-state index in [2.05, 4.69) is 14.4 Å². The Labute approximate surface area is 207 Å². The lowest BCUT2D eigenvalue weighted by Crippen LogP contribution is -2.48. The summed E-state index contributed by atoms with van der Waals surface area (Å²) in [5, 5.41) is 0.